The Labute approximate surface area is 114 Å². The van der Waals surface area contributed by atoms with Crippen LogP contribution in [-0.2, 0) is 6.42 Å². The number of aryl methyl sites for hydroxylation is 1. The van der Waals surface area contributed by atoms with Crippen LogP contribution in [0.25, 0.3) is 0 Å². The van der Waals surface area contributed by atoms with E-state index in [0.717, 1.165) is 19.3 Å². The highest BCUT2D eigenvalue weighted by atomic mass is 19.1. The summed E-state index contributed by atoms with van der Waals surface area (Å²) >= 11 is 0. The molecular weight excluding hydrogens is 237 g/mol. The maximum atomic E-state index is 14.1. The third kappa shape index (κ3) is 2.25. The van der Waals surface area contributed by atoms with Gasteiger partial charge in [0.25, 0.3) is 0 Å². The number of halogens is 1. The van der Waals surface area contributed by atoms with Crippen molar-refractivity contribution in [1.29, 1.82) is 0 Å². The fourth-order valence-corrected chi connectivity index (χ4v) is 3.63. The number of nitrogens with two attached hydrogens (primary N) is 1. The van der Waals surface area contributed by atoms with E-state index in [4.69, 9.17) is 5.73 Å². The zero-order valence-electron chi connectivity index (χ0n) is 11.1. The van der Waals surface area contributed by atoms with Crippen molar-refractivity contribution in [3.05, 3.63) is 59.4 Å². The predicted octanol–water partition coefficient (Wildman–Crippen LogP) is 3.72. The predicted molar refractivity (Wildman–Crippen MR) is 76.5 cm³/mol. The Balaban J connectivity index is 2.04. The van der Waals surface area contributed by atoms with Crippen LogP contribution in [-0.4, -0.2) is 6.54 Å². The van der Waals surface area contributed by atoms with Gasteiger partial charge in [-0.15, -0.1) is 0 Å². The molecule has 1 aromatic carbocycles. The number of rotatable bonds is 2. The van der Waals surface area contributed by atoms with Crippen LogP contribution < -0.4 is 5.73 Å². The van der Waals surface area contributed by atoms with Gasteiger partial charge in [0.1, 0.15) is 5.83 Å². The van der Waals surface area contributed by atoms with E-state index in [2.05, 4.69) is 30.3 Å². The molecule has 19 heavy (non-hydrogen) atoms. The third-order valence-corrected chi connectivity index (χ3v) is 4.53. The summed E-state index contributed by atoms with van der Waals surface area (Å²) in [6.07, 6.45) is 8.46. The number of benzene rings is 1. The van der Waals surface area contributed by atoms with Crippen molar-refractivity contribution < 1.29 is 4.39 Å². The molecule has 1 aromatic rings. The lowest BCUT2D eigenvalue weighted by molar-refractivity contribution is 0.312. The summed E-state index contributed by atoms with van der Waals surface area (Å²) < 4.78 is 14.1. The minimum absolute atomic E-state index is 0.0361. The average Bonchev–Trinajstić information content (AvgIpc) is 2.59. The molecule has 0 radical (unpaired) electrons. The molecule has 2 aliphatic rings. The molecule has 0 saturated heterocycles. The number of allylic oxidation sites excluding steroid dienone is 4. The van der Waals surface area contributed by atoms with Gasteiger partial charge in [-0.05, 0) is 54.8 Å². The summed E-state index contributed by atoms with van der Waals surface area (Å²) in [4.78, 5) is 0. The van der Waals surface area contributed by atoms with E-state index < -0.39 is 0 Å². The van der Waals surface area contributed by atoms with Crippen LogP contribution in [0.15, 0.2) is 48.3 Å². The van der Waals surface area contributed by atoms with Gasteiger partial charge in [-0.1, -0.05) is 36.4 Å². The lowest BCUT2D eigenvalue weighted by Crippen LogP contribution is -2.23. The van der Waals surface area contributed by atoms with Gasteiger partial charge in [0, 0.05) is 5.92 Å². The van der Waals surface area contributed by atoms with E-state index in [1.807, 2.05) is 6.08 Å². The summed E-state index contributed by atoms with van der Waals surface area (Å²) in [5.41, 5.74) is 8.54. The summed E-state index contributed by atoms with van der Waals surface area (Å²) in [6.45, 7) is 0.654. The van der Waals surface area contributed by atoms with Crippen LogP contribution in [0.4, 0.5) is 4.39 Å². The quantitative estimate of drug-likeness (QED) is 0.858. The van der Waals surface area contributed by atoms with E-state index >= 15 is 0 Å². The van der Waals surface area contributed by atoms with Crippen molar-refractivity contribution in [3.8, 4) is 0 Å². The first-order valence-corrected chi connectivity index (χ1v) is 7.13. The molecule has 3 atom stereocenters. The average molecular weight is 257 g/mol. The number of fused-ring (bicyclic) bond motifs is 2. The molecule has 2 aliphatic carbocycles. The van der Waals surface area contributed by atoms with E-state index in [0.29, 0.717) is 12.5 Å². The second-order valence-electron chi connectivity index (χ2n) is 5.54. The Bertz CT molecular complexity index is 518. The molecule has 0 heterocycles. The molecule has 0 saturated carbocycles. The molecule has 0 spiro atoms. The Morgan fingerprint density at radius 3 is 2.95 bits per heavy atom. The molecule has 3 rings (SSSR count). The molecule has 3 unspecified atom stereocenters. The Morgan fingerprint density at radius 1 is 1.26 bits per heavy atom. The molecular formula is C17H20FN. The molecule has 2 heteroatoms. The van der Waals surface area contributed by atoms with Gasteiger partial charge in [-0.3, -0.25) is 0 Å². The van der Waals surface area contributed by atoms with Crippen molar-refractivity contribution in [3.63, 3.8) is 0 Å². The molecule has 0 aliphatic heterocycles. The fraction of sp³-hybridized carbons (Fsp3) is 0.412. The van der Waals surface area contributed by atoms with E-state index in [9.17, 15) is 4.39 Å². The van der Waals surface area contributed by atoms with E-state index in [1.165, 1.54) is 11.1 Å². The van der Waals surface area contributed by atoms with Gasteiger partial charge >= 0.3 is 0 Å². The standard InChI is InChI=1S/C17H20FN/c18-17-7-3-6-14-15(10-11-19)13-5-2-1-4-12(13)8-9-16(14)17/h1-7,14-16H,8-11,19H2. The molecule has 0 bridgehead atoms. The zero-order chi connectivity index (χ0) is 13.2. The van der Waals surface area contributed by atoms with E-state index in [-0.39, 0.29) is 17.7 Å². The van der Waals surface area contributed by atoms with Gasteiger partial charge in [-0.2, -0.15) is 0 Å². The Kier molecular flexibility index (Phi) is 3.52. The van der Waals surface area contributed by atoms with Crippen molar-refractivity contribution in [2.45, 2.75) is 25.2 Å². The van der Waals surface area contributed by atoms with Crippen LogP contribution in [0.3, 0.4) is 0 Å². The van der Waals surface area contributed by atoms with E-state index in [1.54, 1.807) is 6.08 Å². The Hall–Kier alpha value is -1.41. The lowest BCUT2D eigenvalue weighted by atomic mass is 9.74. The minimum Gasteiger partial charge on any atom is -0.330 e. The monoisotopic (exact) mass is 257 g/mol. The normalized spacial score (nSPS) is 29.2. The Morgan fingerprint density at radius 2 is 2.11 bits per heavy atom. The highest BCUT2D eigenvalue weighted by molar-refractivity contribution is 5.36. The largest absolute Gasteiger partial charge is 0.330 e. The summed E-state index contributed by atoms with van der Waals surface area (Å²) in [7, 11) is 0. The van der Waals surface area contributed by atoms with Gasteiger partial charge in [0.15, 0.2) is 0 Å². The summed E-state index contributed by atoms with van der Waals surface area (Å²) in [5, 5.41) is 0. The van der Waals surface area contributed by atoms with Gasteiger partial charge in [0.2, 0.25) is 0 Å². The highest BCUT2D eigenvalue weighted by Gasteiger charge is 2.35. The van der Waals surface area contributed by atoms with Gasteiger partial charge in [-0.25, -0.2) is 4.39 Å². The fourth-order valence-electron chi connectivity index (χ4n) is 3.63. The molecule has 0 aromatic heterocycles. The lowest BCUT2D eigenvalue weighted by Gasteiger charge is -2.31. The maximum absolute atomic E-state index is 14.1. The summed E-state index contributed by atoms with van der Waals surface area (Å²) in [6, 6.07) is 8.54. The van der Waals surface area contributed by atoms with Crippen LogP contribution in [0, 0.1) is 11.8 Å². The molecule has 100 valence electrons. The van der Waals surface area contributed by atoms with Crippen molar-refractivity contribution in [2.75, 3.05) is 6.54 Å². The minimum atomic E-state index is 0.0361. The molecule has 0 amide bonds. The highest BCUT2D eigenvalue weighted by Crippen LogP contribution is 2.45. The maximum Gasteiger partial charge on any atom is 0.104 e. The molecule has 0 fully saturated rings. The first kappa shape index (κ1) is 12.6. The van der Waals surface area contributed by atoms with Crippen LogP contribution >= 0.6 is 0 Å². The topological polar surface area (TPSA) is 26.0 Å². The van der Waals surface area contributed by atoms with Crippen molar-refractivity contribution in [1.82, 2.24) is 0 Å². The number of hydrogen-bond donors (Lipinski definition) is 1. The second kappa shape index (κ2) is 5.30. The second-order valence-corrected chi connectivity index (χ2v) is 5.54. The van der Waals surface area contributed by atoms with Gasteiger partial charge < -0.3 is 5.73 Å². The van der Waals surface area contributed by atoms with Crippen LogP contribution in [0.5, 0.6) is 0 Å². The smallest absolute Gasteiger partial charge is 0.104 e. The first-order valence-electron chi connectivity index (χ1n) is 7.13. The van der Waals surface area contributed by atoms with Crippen molar-refractivity contribution >= 4 is 0 Å². The zero-order valence-corrected chi connectivity index (χ0v) is 11.1. The first-order chi connectivity index (χ1) is 9.31. The molecule has 2 N–H and O–H groups in total. The SMILES string of the molecule is NCCC1c2ccccc2CCC2C(F)=CC=CC21. The third-order valence-electron chi connectivity index (χ3n) is 4.53. The van der Waals surface area contributed by atoms with Crippen molar-refractivity contribution in [2.24, 2.45) is 17.6 Å². The number of hydrogen-bond acceptors (Lipinski definition) is 1. The molecule has 1 nitrogen and oxygen atoms in total. The van der Waals surface area contributed by atoms with Crippen LogP contribution in [0.2, 0.25) is 0 Å². The summed E-state index contributed by atoms with van der Waals surface area (Å²) in [5.74, 6) is 0.692. The van der Waals surface area contributed by atoms with Crippen LogP contribution in [0.1, 0.15) is 29.9 Å². The van der Waals surface area contributed by atoms with Gasteiger partial charge in [0.05, 0.1) is 0 Å².